The molecule has 0 bridgehead atoms. The molecule has 0 N–H and O–H groups in total. The lowest BCUT2D eigenvalue weighted by Crippen LogP contribution is -2.15. The van der Waals surface area contributed by atoms with Gasteiger partial charge in [-0.1, -0.05) is 17.0 Å². The van der Waals surface area contributed by atoms with Crippen LogP contribution in [-0.2, 0) is 4.74 Å². The first-order valence-electron chi connectivity index (χ1n) is 3.84. The Kier molecular flexibility index (Phi) is 2.09. The van der Waals surface area contributed by atoms with Crippen molar-refractivity contribution in [3.63, 3.8) is 0 Å². The van der Waals surface area contributed by atoms with E-state index in [1.54, 1.807) is 7.11 Å². The van der Waals surface area contributed by atoms with E-state index in [2.05, 4.69) is 10.3 Å². The van der Waals surface area contributed by atoms with Gasteiger partial charge in [0.25, 0.3) is 0 Å². The number of methoxy groups -OCH3 is 1. The van der Waals surface area contributed by atoms with Crippen LogP contribution in [0.3, 0.4) is 0 Å². The average molecular weight is 179 g/mol. The molecule has 0 aliphatic heterocycles. The van der Waals surface area contributed by atoms with Crippen molar-refractivity contribution in [3.8, 4) is 0 Å². The maximum Gasteiger partial charge on any atom is 0.216 e. The summed E-state index contributed by atoms with van der Waals surface area (Å²) in [7, 11) is 1.55. The number of ether oxygens (including phenoxy) is 1. The Labute approximate surface area is 74.8 Å². The molecule has 2 aromatic rings. The SMILES string of the molecule is COCOn1nnc2ccccc21. The van der Waals surface area contributed by atoms with Crippen LogP contribution in [0.1, 0.15) is 0 Å². The summed E-state index contributed by atoms with van der Waals surface area (Å²) in [6, 6.07) is 7.55. The van der Waals surface area contributed by atoms with Crippen molar-refractivity contribution in [1.29, 1.82) is 0 Å². The Morgan fingerprint density at radius 1 is 1.38 bits per heavy atom. The highest BCUT2D eigenvalue weighted by Crippen LogP contribution is 2.07. The minimum Gasteiger partial charge on any atom is -0.366 e. The molecule has 5 heteroatoms. The van der Waals surface area contributed by atoms with E-state index in [1.165, 1.54) is 4.85 Å². The Bertz CT molecular complexity index is 399. The van der Waals surface area contributed by atoms with Crippen LogP contribution < -0.4 is 4.84 Å². The number of rotatable bonds is 3. The highest BCUT2D eigenvalue weighted by atomic mass is 16.8. The van der Waals surface area contributed by atoms with Crippen molar-refractivity contribution in [2.75, 3.05) is 13.9 Å². The van der Waals surface area contributed by atoms with Crippen molar-refractivity contribution in [3.05, 3.63) is 24.3 Å². The molecule has 0 saturated heterocycles. The minimum absolute atomic E-state index is 0.160. The number of benzene rings is 1. The van der Waals surface area contributed by atoms with E-state index >= 15 is 0 Å². The van der Waals surface area contributed by atoms with Gasteiger partial charge in [0.1, 0.15) is 11.0 Å². The first kappa shape index (κ1) is 8.00. The summed E-state index contributed by atoms with van der Waals surface area (Å²) < 4.78 is 4.75. The predicted molar refractivity (Wildman–Crippen MR) is 46.0 cm³/mol. The third-order valence-electron chi connectivity index (χ3n) is 1.61. The maximum atomic E-state index is 5.13. The van der Waals surface area contributed by atoms with Crippen molar-refractivity contribution < 1.29 is 9.57 Å². The Balaban J connectivity index is 2.35. The molecule has 68 valence electrons. The van der Waals surface area contributed by atoms with Crippen LogP contribution >= 0.6 is 0 Å². The van der Waals surface area contributed by atoms with Crippen molar-refractivity contribution in [2.24, 2.45) is 0 Å². The molecule has 1 aromatic heterocycles. The number of para-hydroxylation sites is 1. The molecule has 0 aliphatic rings. The number of hydrogen-bond donors (Lipinski definition) is 0. The van der Waals surface area contributed by atoms with Gasteiger partial charge >= 0.3 is 0 Å². The van der Waals surface area contributed by atoms with Crippen molar-refractivity contribution in [1.82, 2.24) is 15.2 Å². The molecule has 0 fully saturated rings. The van der Waals surface area contributed by atoms with E-state index in [4.69, 9.17) is 9.57 Å². The monoisotopic (exact) mass is 179 g/mol. The number of nitrogens with zero attached hydrogens (tertiary/aromatic N) is 3. The van der Waals surface area contributed by atoms with Crippen LogP contribution in [0.25, 0.3) is 11.0 Å². The van der Waals surface area contributed by atoms with Gasteiger partial charge in [0.05, 0.1) is 0 Å². The summed E-state index contributed by atoms with van der Waals surface area (Å²) in [6.07, 6.45) is 0. The molecule has 13 heavy (non-hydrogen) atoms. The summed E-state index contributed by atoms with van der Waals surface area (Å²) in [5.74, 6) is 0. The van der Waals surface area contributed by atoms with Crippen molar-refractivity contribution in [2.45, 2.75) is 0 Å². The lowest BCUT2D eigenvalue weighted by atomic mass is 10.3. The normalized spacial score (nSPS) is 10.5. The van der Waals surface area contributed by atoms with Crippen LogP contribution in [0.2, 0.25) is 0 Å². The molecule has 0 amide bonds. The van der Waals surface area contributed by atoms with E-state index in [9.17, 15) is 0 Å². The highest BCUT2D eigenvalue weighted by Gasteiger charge is 2.02. The fraction of sp³-hybridized carbons (Fsp3) is 0.250. The van der Waals surface area contributed by atoms with E-state index in [-0.39, 0.29) is 6.79 Å². The largest absolute Gasteiger partial charge is 0.366 e. The average Bonchev–Trinajstić information content (AvgIpc) is 2.58. The summed E-state index contributed by atoms with van der Waals surface area (Å²) in [5, 5.41) is 7.70. The fourth-order valence-electron chi connectivity index (χ4n) is 1.05. The zero-order valence-corrected chi connectivity index (χ0v) is 7.17. The van der Waals surface area contributed by atoms with E-state index < -0.39 is 0 Å². The topological polar surface area (TPSA) is 49.2 Å². The second-order valence-corrected chi connectivity index (χ2v) is 2.49. The van der Waals surface area contributed by atoms with E-state index in [0.29, 0.717) is 0 Å². The van der Waals surface area contributed by atoms with Gasteiger partial charge < -0.3 is 9.57 Å². The van der Waals surface area contributed by atoms with Gasteiger partial charge in [-0.3, -0.25) is 0 Å². The summed E-state index contributed by atoms with van der Waals surface area (Å²) in [4.78, 5) is 6.48. The first-order valence-corrected chi connectivity index (χ1v) is 3.84. The zero-order valence-electron chi connectivity index (χ0n) is 7.17. The molecule has 0 spiro atoms. The lowest BCUT2D eigenvalue weighted by Gasteiger charge is -2.01. The molecular weight excluding hydrogens is 170 g/mol. The molecule has 2 rings (SSSR count). The molecule has 0 radical (unpaired) electrons. The quantitative estimate of drug-likeness (QED) is 0.642. The van der Waals surface area contributed by atoms with Crippen molar-refractivity contribution >= 4 is 11.0 Å². The number of fused-ring (bicyclic) bond motifs is 1. The maximum absolute atomic E-state index is 5.13. The molecular formula is C8H9N3O2. The predicted octanol–water partition coefficient (Wildman–Crippen LogP) is 0.464. The molecule has 1 heterocycles. The standard InChI is InChI=1S/C8H9N3O2/c1-12-6-13-11-8-5-3-2-4-7(8)9-10-11/h2-5H,6H2,1H3. The summed E-state index contributed by atoms with van der Waals surface area (Å²) in [6.45, 7) is 0.160. The van der Waals surface area contributed by atoms with Crippen LogP contribution in [0, 0.1) is 0 Å². The van der Waals surface area contributed by atoms with Crippen LogP contribution in [0.15, 0.2) is 24.3 Å². The minimum atomic E-state index is 0.160. The summed E-state index contributed by atoms with van der Waals surface area (Å²) >= 11 is 0. The zero-order chi connectivity index (χ0) is 9.10. The first-order chi connectivity index (χ1) is 6.42. The molecule has 0 saturated carbocycles. The van der Waals surface area contributed by atoms with Crippen LogP contribution in [-0.4, -0.2) is 29.1 Å². The second-order valence-electron chi connectivity index (χ2n) is 2.49. The molecule has 0 aliphatic carbocycles. The van der Waals surface area contributed by atoms with Gasteiger partial charge in [-0.25, -0.2) is 0 Å². The lowest BCUT2D eigenvalue weighted by molar-refractivity contribution is -0.0483. The summed E-state index contributed by atoms with van der Waals surface area (Å²) in [5.41, 5.74) is 1.64. The van der Waals surface area contributed by atoms with Gasteiger partial charge in [-0.05, 0) is 17.3 Å². The van der Waals surface area contributed by atoms with Gasteiger partial charge in [-0.15, -0.1) is 5.10 Å². The molecule has 1 aromatic carbocycles. The fourth-order valence-corrected chi connectivity index (χ4v) is 1.05. The number of aromatic nitrogens is 3. The second kappa shape index (κ2) is 3.40. The van der Waals surface area contributed by atoms with Gasteiger partial charge in [0, 0.05) is 7.11 Å². The van der Waals surface area contributed by atoms with E-state index in [1.807, 2.05) is 24.3 Å². The van der Waals surface area contributed by atoms with Gasteiger partial charge in [0.2, 0.25) is 6.79 Å². The third-order valence-corrected chi connectivity index (χ3v) is 1.61. The highest BCUT2D eigenvalue weighted by molar-refractivity contribution is 5.73. The Hall–Kier alpha value is -1.62. The Morgan fingerprint density at radius 3 is 3.08 bits per heavy atom. The van der Waals surface area contributed by atoms with Crippen LogP contribution in [0.4, 0.5) is 0 Å². The smallest absolute Gasteiger partial charge is 0.216 e. The Morgan fingerprint density at radius 2 is 2.23 bits per heavy atom. The molecule has 5 nitrogen and oxygen atoms in total. The molecule has 0 unspecified atom stereocenters. The van der Waals surface area contributed by atoms with Gasteiger partial charge in [-0.2, -0.15) is 0 Å². The number of hydrogen-bond acceptors (Lipinski definition) is 4. The van der Waals surface area contributed by atoms with Crippen LogP contribution in [0.5, 0.6) is 0 Å². The van der Waals surface area contributed by atoms with E-state index in [0.717, 1.165) is 11.0 Å². The molecule has 0 atom stereocenters. The van der Waals surface area contributed by atoms with Gasteiger partial charge in [0.15, 0.2) is 0 Å². The third kappa shape index (κ3) is 1.46.